The Kier molecular flexibility index (Phi) is 4.61. The summed E-state index contributed by atoms with van der Waals surface area (Å²) in [6.45, 7) is 2.17. The normalized spacial score (nSPS) is 10.8. The minimum atomic E-state index is -0.924. The zero-order valence-corrected chi connectivity index (χ0v) is 12.1. The second-order valence-corrected chi connectivity index (χ2v) is 5.40. The van der Waals surface area contributed by atoms with E-state index in [1.54, 1.807) is 17.6 Å². The quantitative estimate of drug-likeness (QED) is 0.859. The van der Waals surface area contributed by atoms with Crippen LogP contribution in [0.15, 0.2) is 23.4 Å². The van der Waals surface area contributed by atoms with Crippen LogP contribution in [0.2, 0.25) is 5.02 Å². The molecule has 0 bridgehead atoms. The minimum absolute atomic E-state index is 0.0490. The Labute approximate surface area is 123 Å². The van der Waals surface area contributed by atoms with Crippen LogP contribution in [0.25, 0.3) is 0 Å². The van der Waals surface area contributed by atoms with Crippen molar-refractivity contribution >= 4 is 29.3 Å². The van der Waals surface area contributed by atoms with Crippen LogP contribution in [0.3, 0.4) is 0 Å². The molecule has 8 heteroatoms. The summed E-state index contributed by atoms with van der Waals surface area (Å²) in [5.74, 6) is -0.843. The van der Waals surface area contributed by atoms with Crippen LogP contribution in [0.1, 0.15) is 11.4 Å². The summed E-state index contributed by atoms with van der Waals surface area (Å²) < 4.78 is 14.9. The first kappa shape index (κ1) is 14.8. The van der Waals surface area contributed by atoms with E-state index in [1.165, 1.54) is 12.1 Å². The summed E-state index contributed by atoms with van der Waals surface area (Å²) >= 11 is 6.82. The van der Waals surface area contributed by atoms with Crippen LogP contribution in [-0.4, -0.2) is 31.6 Å². The molecule has 2 rings (SSSR count). The van der Waals surface area contributed by atoms with E-state index in [1.807, 2.05) is 0 Å². The van der Waals surface area contributed by atoms with Gasteiger partial charge in [0.15, 0.2) is 5.16 Å². The van der Waals surface area contributed by atoms with Crippen molar-refractivity contribution in [3.8, 4) is 0 Å². The molecule has 106 valence electrons. The molecule has 1 aromatic heterocycles. The number of thioether (sulfide) groups is 1. The summed E-state index contributed by atoms with van der Waals surface area (Å²) in [5, 5.41) is 17.1. The van der Waals surface area contributed by atoms with E-state index in [-0.39, 0.29) is 10.8 Å². The molecule has 0 spiro atoms. The highest BCUT2D eigenvalue weighted by atomic mass is 35.5. The van der Waals surface area contributed by atoms with Gasteiger partial charge in [0, 0.05) is 0 Å². The molecular weight excluding hydrogens is 305 g/mol. The maximum absolute atomic E-state index is 13.1. The van der Waals surface area contributed by atoms with Gasteiger partial charge in [-0.1, -0.05) is 29.4 Å². The lowest BCUT2D eigenvalue weighted by Gasteiger charge is -2.08. The maximum atomic E-state index is 13.1. The molecule has 0 unspecified atom stereocenters. The molecule has 5 nitrogen and oxygen atoms in total. The van der Waals surface area contributed by atoms with Gasteiger partial charge in [0.1, 0.15) is 11.6 Å². The lowest BCUT2D eigenvalue weighted by Crippen LogP contribution is -2.06. The number of hydrogen-bond donors (Lipinski definition) is 1. The Balaban J connectivity index is 2.21. The monoisotopic (exact) mass is 315 g/mol. The standard InChI is InChI=1S/C12H11ClFN3O2S/c1-7-15-16-12(20-6-11(18)19)17(7)5-8-2-3-10(14)9(13)4-8/h2-4H,5-6H2,1H3,(H,18,19). The van der Waals surface area contributed by atoms with Gasteiger partial charge in [-0.15, -0.1) is 10.2 Å². The molecule has 20 heavy (non-hydrogen) atoms. The number of rotatable bonds is 5. The molecule has 0 fully saturated rings. The number of nitrogens with zero attached hydrogens (tertiary/aromatic N) is 3. The Bertz CT molecular complexity index is 648. The third kappa shape index (κ3) is 3.49. The number of carboxylic acids is 1. The van der Waals surface area contributed by atoms with E-state index >= 15 is 0 Å². The molecule has 1 heterocycles. The zero-order chi connectivity index (χ0) is 14.7. The molecular formula is C12H11ClFN3O2S. The number of aromatic nitrogens is 3. The van der Waals surface area contributed by atoms with Crippen LogP contribution in [0.5, 0.6) is 0 Å². The first-order valence-electron chi connectivity index (χ1n) is 5.65. The molecule has 0 saturated carbocycles. The van der Waals surface area contributed by atoms with Crippen LogP contribution < -0.4 is 0 Å². The van der Waals surface area contributed by atoms with Gasteiger partial charge in [-0.05, 0) is 24.6 Å². The van der Waals surface area contributed by atoms with Crippen LogP contribution in [-0.2, 0) is 11.3 Å². The van der Waals surface area contributed by atoms with Gasteiger partial charge in [0.05, 0.1) is 17.3 Å². The van der Waals surface area contributed by atoms with Gasteiger partial charge in [-0.2, -0.15) is 0 Å². The fraction of sp³-hybridized carbons (Fsp3) is 0.250. The Morgan fingerprint density at radius 1 is 1.50 bits per heavy atom. The summed E-state index contributed by atoms with van der Waals surface area (Å²) in [5.41, 5.74) is 0.788. The first-order valence-corrected chi connectivity index (χ1v) is 7.02. The van der Waals surface area contributed by atoms with E-state index in [0.29, 0.717) is 17.5 Å². The van der Waals surface area contributed by atoms with Crippen LogP contribution in [0, 0.1) is 12.7 Å². The predicted octanol–water partition coefficient (Wildman–Crippen LogP) is 2.60. The SMILES string of the molecule is Cc1nnc(SCC(=O)O)n1Cc1ccc(F)c(Cl)c1. The maximum Gasteiger partial charge on any atom is 0.313 e. The second-order valence-electron chi connectivity index (χ2n) is 4.05. The fourth-order valence-electron chi connectivity index (χ4n) is 1.60. The van der Waals surface area contributed by atoms with Crippen molar-refractivity contribution in [1.82, 2.24) is 14.8 Å². The smallest absolute Gasteiger partial charge is 0.313 e. The van der Waals surface area contributed by atoms with Crippen molar-refractivity contribution in [3.63, 3.8) is 0 Å². The van der Waals surface area contributed by atoms with Crippen molar-refractivity contribution in [2.24, 2.45) is 0 Å². The number of aliphatic carboxylic acids is 1. The zero-order valence-electron chi connectivity index (χ0n) is 10.5. The molecule has 0 amide bonds. The number of halogens is 2. The summed E-state index contributed by atoms with van der Waals surface area (Å²) in [7, 11) is 0. The first-order chi connectivity index (χ1) is 9.47. The van der Waals surface area contributed by atoms with Gasteiger partial charge in [-0.3, -0.25) is 4.79 Å². The van der Waals surface area contributed by atoms with E-state index in [2.05, 4.69) is 10.2 Å². The fourth-order valence-corrected chi connectivity index (χ4v) is 2.50. The highest BCUT2D eigenvalue weighted by Crippen LogP contribution is 2.21. The van der Waals surface area contributed by atoms with Gasteiger partial charge < -0.3 is 9.67 Å². The molecule has 0 aliphatic carbocycles. The Morgan fingerprint density at radius 2 is 2.25 bits per heavy atom. The highest BCUT2D eigenvalue weighted by Gasteiger charge is 2.12. The molecule has 0 saturated heterocycles. The van der Waals surface area contributed by atoms with E-state index in [9.17, 15) is 9.18 Å². The molecule has 1 N–H and O–H groups in total. The van der Waals surface area contributed by atoms with Crippen LogP contribution >= 0.6 is 23.4 Å². The number of hydrogen-bond acceptors (Lipinski definition) is 4. The van der Waals surface area contributed by atoms with Crippen molar-refractivity contribution in [1.29, 1.82) is 0 Å². The van der Waals surface area contributed by atoms with Gasteiger partial charge >= 0.3 is 5.97 Å². The Hall–Kier alpha value is -1.60. The average molecular weight is 316 g/mol. The van der Waals surface area contributed by atoms with E-state index in [4.69, 9.17) is 16.7 Å². The summed E-state index contributed by atoms with van der Waals surface area (Å²) in [6.07, 6.45) is 0. The molecule has 0 aliphatic rings. The van der Waals surface area contributed by atoms with E-state index < -0.39 is 11.8 Å². The van der Waals surface area contributed by atoms with Gasteiger partial charge in [0.2, 0.25) is 0 Å². The summed E-state index contributed by atoms with van der Waals surface area (Å²) in [6, 6.07) is 4.44. The van der Waals surface area contributed by atoms with Gasteiger partial charge in [-0.25, -0.2) is 4.39 Å². The third-order valence-electron chi connectivity index (χ3n) is 2.55. The lowest BCUT2D eigenvalue weighted by atomic mass is 10.2. The van der Waals surface area contributed by atoms with E-state index in [0.717, 1.165) is 17.3 Å². The topological polar surface area (TPSA) is 68.0 Å². The number of benzene rings is 1. The molecule has 2 aromatic rings. The lowest BCUT2D eigenvalue weighted by molar-refractivity contribution is -0.133. The molecule has 0 radical (unpaired) electrons. The molecule has 0 atom stereocenters. The molecule has 1 aromatic carbocycles. The second kappa shape index (κ2) is 6.23. The number of carboxylic acid groups (broad SMARTS) is 1. The average Bonchev–Trinajstić information content (AvgIpc) is 2.73. The molecule has 0 aliphatic heterocycles. The third-order valence-corrected chi connectivity index (χ3v) is 3.79. The van der Waals surface area contributed by atoms with Crippen molar-refractivity contribution in [3.05, 3.63) is 40.4 Å². The minimum Gasteiger partial charge on any atom is -0.481 e. The van der Waals surface area contributed by atoms with Crippen molar-refractivity contribution in [2.75, 3.05) is 5.75 Å². The van der Waals surface area contributed by atoms with Crippen LogP contribution in [0.4, 0.5) is 4.39 Å². The van der Waals surface area contributed by atoms with Crippen molar-refractivity contribution in [2.45, 2.75) is 18.6 Å². The largest absolute Gasteiger partial charge is 0.481 e. The van der Waals surface area contributed by atoms with Gasteiger partial charge in [0.25, 0.3) is 0 Å². The summed E-state index contributed by atoms with van der Waals surface area (Å²) in [4.78, 5) is 10.6. The predicted molar refractivity (Wildman–Crippen MR) is 73.6 cm³/mol. The van der Waals surface area contributed by atoms with Crippen molar-refractivity contribution < 1.29 is 14.3 Å². The Morgan fingerprint density at radius 3 is 2.90 bits per heavy atom. The number of aryl methyl sites for hydroxylation is 1. The number of carbonyl (C=O) groups is 1. The highest BCUT2D eigenvalue weighted by molar-refractivity contribution is 7.99.